The van der Waals surface area contributed by atoms with Gasteiger partial charge >= 0.3 is 11.6 Å². The van der Waals surface area contributed by atoms with E-state index in [9.17, 15) is 17.6 Å². The van der Waals surface area contributed by atoms with Gasteiger partial charge in [0.05, 0.1) is 14.1 Å². The number of likely N-dealkylation sites (N-methyl/N-ethyl adjacent to an activating group) is 2. The van der Waals surface area contributed by atoms with Gasteiger partial charge in [-0.15, -0.1) is 4.39 Å². The molecule has 1 heterocycles. The Labute approximate surface area is 89.7 Å². The minimum Gasteiger partial charge on any atom is -0.741 e. The average Bonchev–Trinajstić information content (AvgIpc) is 2.34. The van der Waals surface area contributed by atoms with Gasteiger partial charge in [0.15, 0.2) is 10.1 Å². The van der Waals surface area contributed by atoms with Crippen molar-refractivity contribution in [3.8, 4) is 0 Å². The van der Waals surface area contributed by atoms with Crippen LogP contribution in [-0.4, -0.2) is 61.2 Å². The van der Waals surface area contributed by atoms with Crippen molar-refractivity contribution in [1.29, 1.82) is 0 Å². The third kappa shape index (κ3) is 4.31. The van der Waals surface area contributed by atoms with Crippen LogP contribution in [0.5, 0.6) is 0 Å². The second-order valence-electron chi connectivity index (χ2n) is 3.01. The Morgan fingerprint density at radius 1 is 1.44 bits per heavy atom. The summed E-state index contributed by atoms with van der Waals surface area (Å²) >= 11 is 0. The van der Waals surface area contributed by atoms with E-state index in [2.05, 4.69) is 0 Å². The molecule has 0 saturated heterocycles. The molecule has 0 amide bonds. The molecule has 0 aromatic rings. The fourth-order valence-corrected chi connectivity index (χ4v) is 0.776. The number of hydrogen-bond acceptors (Lipinski definition) is 4. The van der Waals surface area contributed by atoms with Crippen molar-refractivity contribution < 1.29 is 35.1 Å². The van der Waals surface area contributed by atoms with Crippen molar-refractivity contribution in [1.82, 2.24) is 4.90 Å². The van der Waals surface area contributed by atoms with E-state index in [4.69, 9.17) is 13.0 Å². The summed E-state index contributed by atoms with van der Waals surface area (Å²) in [4.78, 5) is 1.60. The van der Waals surface area contributed by atoms with E-state index >= 15 is 0 Å². The lowest BCUT2D eigenvalue weighted by Gasteiger charge is -2.08. The fraction of sp³-hybridized carbons (Fsp3) is 0.833. The zero-order valence-electron chi connectivity index (χ0n) is 8.45. The minimum atomic E-state index is -6.09. The zero-order valence-corrected chi connectivity index (χ0v) is 9.27. The summed E-state index contributed by atoms with van der Waals surface area (Å²) in [5.74, 6) is 0. The summed E-state index contributed by atoms with van der Waals surface area (Å²) < 4.78 is 73.0. The largest absolute Gasteiger partial charge is 0.741 e. The summed E-state index contributed by atoms with van der Waals surface area (Å²) in [6.07, 6.45) is -0.120. The Morgan fingerprint density at radius 2 is 1.81 bits per heavy atom. The molecule has 0 N–H and O–H groups in total. The molecular weight excluding hydrogens is 256 g/mol. The summed E-state index contributed by atoms with van der Waals surface area (Å²) in [6.45, 7) is 1.62. The van der Waals surface area contributed by atoms with Crippen LogP contribution in [0.1, 0.15) is 0 Å². The van der Waals surface area contributed by atoms with E-state index in [1.54, 1.807) is 23.6 Å². The maximum Gasteiger partial charge on any atom is 0.485 e. The molecule has 0 atom stereocenters. The molecule has 10 heteroatoms. The molecule has 0 aliphatic carbocycles. The number of hydrogen-bond donors (Lipinski definition) is 0. The Bertz CT molecular complexity index is 376. The van der Waals surface area contributed by atoms with E-state index in [0.29, 0.717) is 0 Å². The molecule has 1 aliphatic rings. The van der Waals surface area contributed by atoms with E-state index in [1.165, 1.54) is 0 Å². The first-order chi connectivity index (χ1) is 6.97. The highest BCUT2D eigenvalue weighted by Crippen LogP contribution is 2.20. The normalized spacial score (nSPS) is 17.3. The molecule has 0 spiro atoms. The predicted molar refractivity (Wildman–Crippen MR) is 45.5 cm³/mol. The molecule has 0 fully saturated rings. The molecule has 1 rings (SSSR count). The van der Waals surface area contributed by atoms with Crippen LogP contribution >= 0.6 is 0 Å². The predicted octanol–water partition coefficient (Wildman–Crippen LogP) is -0.0490. The Balaban J connectivity index is 0.000000281. The van der Waals surface area contributed by atoms with Crippen molar-refractivity contribution in [3.63, 3.8) is 0 Å². The molecule has 0 aromatic heterocycles. The molecule has 0 bridgehead atoms. The molecule has 0 saturated carbocycles. The third-order valence-electron chi connectivity index (χ3n) is 1.68. The van der Waals surface area contributed by atoms with Crippen LogP contribution in [0.4, 0.5) is 17.6 Å². The molecule has 96 valence electrons. The average molecular weight is 266 g/mol. The van der Waals surface area contributed by atoms with Gasteiger partial charge in [0.2, 0.25) is 0 Å². The van der Waals surface area contributed by atoms with Crippen LogP contribution in [0.3, 0.4) is 0 Å². The number of halogens is 4. The van der Waals surface area contributed by atoms with E-state index in [1.807, 2.05) is 0 Å². The standard InChI is InChI=1S/C5H10FN2.CHF3O3S/c1-7-3-4-8(2)5(7)6;2-1(3,4)8(5,6)7/h3-4H2,1-2H3;(H,5,6,7)/q+1;/p-1. The number of amidine groups is 1. The molecule has 0 aromatic carbocycles. The van der Waals surface area contributed by atoms with Crippen LogP contribution in [0.2, 0.25) is 0 Å². The second-order valence-corrected chi connectivity index (χ2v) is 4.38. The maximum atomic E-state index is 12.5. The van der Waals surface area contributed by atoms with Gasteiger partial charge in [0, 0.05) is 0 Å². The first kappa shape index (κ1) is 15.1. The number of nitrogens with zero attached hydrogens (tertiary/aromatic N) is 2. The summed E-state index contributed by atoms with van der Waals surface area (Å²) in [7, 11) is -2.59. The van der Waals surface area contributed by atoms with Crippen LogP contribution in [-0.2, 0) is 10.1 Å². The van der Waals surface area contributed by atoms with Gasteiger partial charge in [-0.3, -0.25) is 0 Å². The van der Waals surface area contributed by atoms with E-state index in [0.717, 1.165) is 13.1 Å². The van der Waals surface area contributed by atoms with Gasteiger partial charge in [0.1, 0.15) is 13.1 Å². The molecule has 16 heavy (non-hydrogen) atoms. The molecular formula is C6H10F4N2O3S. The van der Waals surface area contributed by atoms with Crippen molar-refractivity contribution >= 4 is 16.2 Å². The second kappa shape index (κ2) is 4.95. The quantitative estimate of drug-likeness (QED) is 0.203. The highest BCUT2D eigenvalue weighted by Gasteiger charge is 2.36. The van der Waals surface area contributed by atoms with Gasteiger partial charge in [-0.05, 0) is 0 Å². The highest BCUT2D eigenvalue weighted by atomic mass is 32.2. The van der Waals surface area contributed by atoms with Crippen molar-refractivity contribution in [2.45, 2.75) is 5.51 Å². The van der Waals surface area contributed by atoms with Crippen LogP contribution in [0.15, 0.2) is 0 Å². The monoisotopic (exact) mass is 266 g/mol. The van der Waals surface area contributed by atoms with E-state index in [-0.39, 0.29) is 6.09 Å². The molecule has 0 unspecified atom stereocenters. The Hall–Kier alpha value is -0.900. The van der Waals surface area contributed by atoms with Crippen LogP contribution < -0.4 is 0 Å². The topological polar surface area (TPSA) is 63.5 Å². The first-order valence-electron chi connectivity index (χ1n) is 3.93. The maximum absolute atomic E-state index is 12.5. The number of alkyl halides is 3. The van der Waals surface area contributed by atoms with Gasteiger partial charge in [-0.1, -0.05) is 0 Å². The smallest absolute Gasteiger partial charge is 0.485 e. The molecule has 1 aliphatic heterocycles. The molecule has 5 nitrogen and oxygen atoms in total. The molecule has 0 radical (unpaired) electrons. The summed E-state index contributed by atoms with van der Waals surface area (Å²) in [6, 6.07) is 0. The van der Waals surface area contributed by atoms with Crippen LogP contribution in [0.25, 0.3) is 0 Å². The van der Waals surface area contributed by atoms with Crippen LogP contribution in [0, 0.1) is 0 Å². The minimum absolute atomic E-state index is 0.120. The highest BCUT2D eigenvalue weighted by molar-refractivity contribution is 7.86. The van der Waals surface area contributed by atoms with Gasteiger partial charge in [0.25, 0.3) is 0 Å². The third-order valence-corrected chi connectivity index (χ3v) is 2.25. The van der Waals surface area contributed by atoms with Crippen molar-refractivity contribution in [3.05, 3.63) is 0 Å². The summed E-state index contributed by atoms with van der Waals surface area (Å²) in [5.41, 5.74) is -5.65. The summed E-state index contributed by atoms with van der Waals surface area (Å²) in [5, 5.41) is 0. The number of rotatable bonds is 0. The van der Waals surface area contributed by atoms with Gasteiger partial charge < -0.3 is 4.55 Å². The van der Waals surface area contributed by atoms with Crippen molar-refractivity contribution in [2.75, 3.05) is 27.2 Å². The fourth-order valence-electron chi connectivity index (χ4n) is 0.776. The SMILES string of the molecule is CN1CC[N+](C)=C1F.O=S(=O)([O-])C(F)(F)F. The first-order valence-corrected chi connectivity index (χ1v) is 5.34. The zero-order chi connectivity index (χ0) is 13.1. The Morgan fingerprint density at radius 3 is 1.88 bits per heavy atom. The lowest BCUT2D eigenvalue weighted by Crippen LogP contribution is -2.21. The van der Waals surface area contributed by atoms with E-state index < -0.39 is 15.6 Å². The lowest BCUT2D eigenvalue weighted by atomic mass is 10.6. The Kier molecular flexibility index (Phi) is 4.68. The van der Waals surface area contributed by atoms with Gasteiger partial charge in [-0.25, -0.2) is 17.9 Å². The van der Waals surface area contributed by atoms with Gasteiger partial charge in [-0.2, -0.15) is 13.2 Å². The van der Waals surface area contributed by atoms with Crippen molar-refractivity contribution in [2.24, 2.45) is 0 Å². The lowest BCUT2D eigenvalue weighted by molar-refractivity contribution is -0.491.